The summed E-state index contributed by atoms with van der Waals surface area (Å²) in [5.74, 6) is -0.154. The highest BCUT2D eigenvalue weighted by Gasteiger charge is 2.05. The first-order chi connectivity index (χ1) is 6.63. The average Bonchev–Trinajstić information content (AvgIpc) is 2.09. The number of rotatable bonds is 4. The highest BCUT2D eigenvalue weighted by atomic mass is 19.1. The van der Waals surface area contributed by atoms with E-state index >= 15 is 0 Å². The van der Waals surface area contributed by atoms with E-state index in [1.165, 1.54) is 13.0 Å². The number of carbonyl (C=O) groups excluding carboxylic acids is 1. The molecule has 0 radical (unpaired) electrons. The van der Waals surface area contributed by atoms with Gasteiger partial charge in [0.05, 0.1) is 6.61 Å². The highest BCUT2D eigenvalue weighted by molar-refractivity contribution is 5.78. The van der Waals surface area contributed by atoms with E-state index in [9.17, 15) is 9.18 Å². The summed E-state index contributed by atoms with van der Waals surface area (Å²) in [6, 6.07) is 4.60. The molecule has 76 valence electrons. The van der Waals surface area contributed by atoms with E-state index in [1.807, 2.05) is 0 Å². The van der Waals surface area contributed by atoms with Crippen molar-refractivity contribution >= 4 is 5.78 Å². The number of hydrogen-bond acceptors (Lipinski definition) is 2. The summed E-state index contributed by atoms with van der Waals surface area (Å²) < 4.78 is 18.3. The molecule has 0 atom stereocenters. The SMILES string of the molecule is CCOc1ccc(CC(C)=O)cc1F. The fraction of sp³-hybridized carbons (Fsp3) is 0.364. The van der Waals surface area contributed by atoms with Crippen LogP contribution in [-0.4, -0.2) is 12.4 Å². The van der Waals surface area contributed by atoms with Gasteiger partial charge in [-0.25, -0.2) is 4.39 Å². The van der Waals surface area contributed by atoms with Gasteiger partial charge in [-0.15, -0.1) is 0 Å². The standard InChI is InChI=1S/C11H13FO2/c1-3-14-11-5-4-9(6-8(2)13)7-10(11)12/h4-5,7H,3,6H2,1-2H3. The summed E-state index contributed by atoms with van der Waals surface area (Å²) in [6.45, 7) is 3.71. The highest BCUT2D eigenvalue weighted by Crippen LogP contribution is 2.18. The zero-order valence-corrected chi connectivity index (χ0v) is 8.34. The molecule has 0 fully saturated rings. The second-order valence-electron chi connectivity index (χ2n) is 3.08. The van der Waals surface area contributed by atoms with E-state index < -0.39 is 5.82 Å². The van der Waals surface area contributed by atoms with E-state index in [0.29, 0.717) is 12.2 Å². The van der Waals surface area contributed by atoms with Crippen LogP contribution in [0.5, 0.6) is 5.75 Å². The molecule has 0 saturated carbocycles. The van der Waals surface area contributed by atoms with E-state index in [-0.39, 0.29) is 18.0 Å². The molecular weight excluding hydrogens is 183 g/mol. The number of Topliss-reactive ketones (excluding diaryl/α,β-unsaturated/α-hetero) is 1. The van der Waals surface area contributed by atoms with E-state index in [1.54, 1.807) is 19.1 Å². The Bertz CT molecular complexity index is 334. The number of carbonyl (C=O) groups is 1. The zero-order valence-electron chi connectivity index (χ0n) is 8.34. The lowest BCUT2D eigenvalue weighted by molar-refractivity contribution is -0.116. The maximum atomic E-state index is 13.3. The molecule has 0 saturated heterocycles. The number of halogens is 1. The summed E-state index contributed by atoms with van der Waals surface area (Å²) in [5.41, 5.74) is 0.679. The third kappa shape index (κ3) is 2.83. The third-order valence-electron chi connectivity index (χ3n) is 1.75. The predicted molar refractivity (Wildman–Crippen MR) is 52.0 cm³/mol. The van der Waals surface area contributed by atoms with Crippen molar-refractivity contribution in [1.29, 1.82) is 0 Å². The Balaban J connectivity index is 2.83. The topological polar surface area (TPSA) is 26.3 Å². The maximum absolute atomic E-state index is 13.3. The third-order valence-corrected chi connectivity index (χ3v) is 1.75. The first kappa shape index (κ1) is 10.7. The van der Waals surface area contributed by atoms with Crippen molar-refractivity contribution in [3.63, 3.8) is 0 Å². The monoisotopic (exact) mass is 196 g/mol. The molecule has 0 amide bonds. The largest absolute Gasteiger partial charge is 0.491 e. The maximum Gasteiger partial charge on any atom is 0.165 e. The quantitative estimate of drug-likeness (QED) is 0.738. The second-order valence-corrected chi connectivity index (χ2v) is 3.08. The Hall–Kier alpha value is -1.38. The zero-order chi connectivity index (χ0) is 10.6. The molecule has 0 N–H and O–H groups in total. The number of ether oxygens (including phenoxy) is 1. The van der Waals surface area contributed by atoms with Gasteiger partial charge in [0.2, 0.25) is 0 Å². The van der Waals surface area contributed by atoms with Crippen molar-refractivity contribution < 1.29 is 13.9 Å². The van der Waals surface area contributed by atoms with Gasteiger partial charge in [0.1, 0.15) is 5.78 Å². The Kier molecular flexibility index (Phi) is 3.63. The molecule has 0 unspecified atom stereocenters. The van der Waals surface area contributed by atoms with Gasteiger partial charge in [-0.05, 0) is 31.5 Å². The molecule has 2 nitrogen and oxygen atoms in total. The van der Waals surface area contributed by atoms with E-state index in [4.69, 9.17) is 4.74 Å². The van der Waals surface area contributed by atoms with Crippen LogP contribution in [-0.2, 0) is 11.2 Å². The smallest absolute Gasteiger partial charge is 0.165 e. The molecule has 14 heavy (non-hydrogen) atoms. The van der Waals surface area contributed by atoms with E-state index in [0.717, 1.165) is 0 Å². The van der Waals surface area contributed by atoms with Gasteiger partial charge in [0.25, 0.3) is 0 Å². The first-order valence-corrected chi connectivity index (χ1v) is 4.54. The molecule has 0 bridgehead atoms. The fourth-order valence-corrected chi connectivity index (χ4v) is 1.21. The van der Waals surface area contributed by atoms with E-state index in [2.05, 4.69) is 0 Å². The number of ketones is 1. The van der Waals surface area contributed by atoms with Crippen molar-refractivity contribution in [2.75, 3.05) is 6.61 Å². The van der Waals surface area contributed by atoms with Crippen LogP contribution in [0.15, 0.2) is 18.2 Å². The minimum absolute atomic E-state index is 0.0218. The summed E-state index contributed by atoms with van der Waals surface area (Å²) in [6.07, 6.45) is 0.267. The first-order valence-electron chi connectivity index (χ1n) is 4.54. The van der Waals surface area contributed by atoms with Crippen LogP contribution in [0.3, 0.4) is 0 Å². The molecular formula is C11H13FO2. The van der Waals surface area contributed by atoms with Gasteiger partial charge in [-0.3, -0.25) is 4.79 Å². The molecule has 1 aromatic rings. The lowest BCUT2D eigenvalue weighted by atomic mass is 10.1. The molecule has 0 spiro atoms. The van der Waals surface area contributed by atoms with Gasteiger partial charge >= 0.3 is 0 Å². The van der Waals surface area contributed by atoms with Gasteiger partial charge in [0, 0.05) is 6.42 Å². The average molecular weight is 196 g/mol. The normalized spacial score (nSPS) is 9.93. The van der Waals surface area contributed by atoms with Crippen molar-refractivity contribution in [2.45, 2.75) is 20.3 Å². The molecule has 0 aliphatic rings. The minimum atomic E-state index is -0.411. The summed E-state index contributed by atoms with van der Waals surface area (Å²) in [4.78, 5) is 10.8. The molecule has 0 aliphatic heterocycles. The summed E-state index contributed by atoms with van der Waals surface area (Å²) >= 11 is 0. The molecule has 0 aromatic heterocycles. The molecule has 1 aromatic carbocycles. The van der Waals surface area contributed by atoms with Gasteiger partial charge < -0.3 is 4.74 Å². The van der Waals surface area contributed by atoms with Crippen molar-refractivity contribution in [1.82, 2.24) is 0 Å². The molecule has 3 heteroatoms. The van der Waals surface area contributed by atoms with Gasteiger partial charge in [0.15, 0.2) is 11.6 Å². The van der Waals surface area contributed by atoms with Crippen LogP contribution in [0.1, 0.15) is 19.4 Å². The molecule has 0 aliphatic carbocycles. The van der Waals surface area contributed by atoms with Crippen LogP contribution in [0, 0.1) is 5.82 Å². The lowest BCUT2D eigenvalue weighted by Crippen LogP contribution is -1.99. The van der Waals surface area contributed by atoms with Crippen LogP contribution >= 0.6 is 0 Å². The number of benzene rings is 1. The van der Waals surface area contributed by atoms with Crippen LogP contribution in [0.25, 0.3) is 0 Å². The van der Waals surface area contributed by atoms with Crippen molar-refractivity contribution in [2.24, 2.45) is 0 Å². The lowest BCUT2D eigenvalue weighted by Gasteiger charge is -2.05. The van der Waals surface area contributed by atoms with Crippen LogP contribution < -0.4 is 4.74 Å². The van der Waals surface area contributed by atoms with Crippen molar-refractivity contribution in [3.8, 4) is 5.75 Å². The van der Waals surface area contributed by atoms with Crippen LogP contribution in [0.2, 0.25) is 0 Å². The molecule has 0 heterocycles. The Morgan fingerprint density at radius 2 is 2.21 bits per heavy atom. The minimum Gasteiger partial charge on any atom is -0.491 e. The summed E-state index contributed by atoms with van der Waals surface area (Å²) in [7, 11) is 0. The Morgan fingerprint density at radius 1 is 1.50 bits per heavy atom. The van der Waals surface area contributed by atoms with Gasteiger partial charge in [-0.2, -0.15) is 0 Å². The fourth-order valence-electron chi connectivity index (χ4n) is 1.21. The second kappa shape index (κ2) is 4.74. The number of hydrogen-bond donors (Lipinski definition) is 0. The van der Waals surface area contributed by atoms with Crippen LogP contribution in [0.4, 0.5) is 4.39 Å². The van der Waals surface area contributed by atoms with Crippen molar-refractivity contribution in [3.05, 3.63) is 29.6 Å². The predicted octanol–water partition coefficient (Wildman–Crippen LogP) is 2.36. The molecule has 1 rings (SSSR count). The van der Waals surface area contributed by atoms with Gasteiger partial charge in [-0.1, -0.05) is 6.07 Å². The summed E-state index contributed by atoms with van der Waals surface area (Å²) in [5, 5.41) is 0. The Morgan fingerprint density at radius 3 is 2.71 bits per heavy atom. The Labute approximate surface area is 82.7 Å².